The van der Waals surface area contributed by atoms with E-state index in [0.717, 1.165) is 16.9 Å². The van der Waals surface area contributed by atoms with Crippen LogP contribution < -0.4 is 0 Å². The van der Waals surface area contributed by atoms with Crippen LogP contribution in [-0.2, 0) is 0 Å². The van der Waals surface area contributed by atoms with Crippen molar-refractivity contribution in [3.8, 4) is 23.2 Å². The second-order valence-corrected chi connectivity index (χ2v) is 3.23. The lowest BCUT2D eigenvalue weighted by Gasteiger charge is -1.95. The molecule has 0 N–H and O–H groups in total. The van der Waals surface area contributed by atoms with E-state index in [1.165, 1.54) is 0 Å². The largest absolute Gasteiger partial charge is 0.356 e. The minimum atomic E-state index is 0.573. The molecular formula is C12H9NOS. The van der Waals surface area contributed by atoms with Gasteiger partial charge in [-0.05, 0) is 24.3 Å². The van der Waals surface area contributed by atoms with Crippen LogP contribution in [0.4, 0.5) is 0 Å². The van der Waals surface area contributed by atoms with Crippen molar-refractivity contribution in [2.75, 3.05) is 5.75 Å². The summed E-state index contributed by atoms with van der Waals surface area (Å²) in [5.74, 6) is 7.23. The third kappa shape index (κ3) is 2.42. The van der Waals surface area contributed by atoms with Gasteiger partial charge in [0, 0.05) is 17.2 Å². The summed E-state index contributed by atoms with van der Waals surface area (Å²) in [7, 11) is 0. The van der Waals surface area contributed by atoms with Gasteiger partial charge < -0.3 is 4.52 Å². The minimum Gasteiger partial charge on any atom is -0.356 e. The Balaban J connectivity index is 2.25. The summed E-state index contributed by atoms with van der Waals surface area (Å²) in [6.45, 7) is 0. The third-order valence-corrected chi connectivity index (χ3v) is 2.08. The van der Waals surface area contributed by atoms with Crippen molar-refractivity contribution in [1.82, 2.24) is 5.16 Å². The predicted octanol–water partition coefficient (Wildman–Crippen LogP) is 2.62. The Morgan fingerprint density at radius 1 is 1.20 bits per heavy atom. The molecule has 0 aliphatic heterocycles. The van der Waals surface area contributed by atoms with Crippen molar-refractivity contribution in [3.05, 3.63) is 42.1 Å². The van der Waals surface area contributed by atoms with E-state index in [9.17, 15) is 0 Å². The molecule has 2 aromatic rings. The van der Waals surface area contributed by atoms with Gasteiger partial charge in [0.05, 0.1) is 11.9 Å². The van der Waals surface area contributed by atoms with Gasteiger partial charge in [-0.25, -0.2) is 0 Å². The molecule has 0 aliphatic carbocycles. The zero-order valence-electron chi connectivity index (χ0n) is 7.97. The second kappa shape index (κ2) is 4.72. The molecule has 2 rings (SSSR count). The first-order valence-corrected chi connectivity index (χ1v) is 5.14. The van der Waals surface area contributed by atoms with Gasteiger partial charge >= 0.3 is 0 Å². The highest BCUT2D eigenvalue weighted by molar-refractivity contribution is 7.80. The van der Waals surface area contributed by atoms with Crippen molar-refractivity contribution in [3.63, 3.8) is 0 Å². The summed E-state index contributed by atoms with van der Waals surface area (Å²) in [5, 5.41) is 3.66. The molecule has 0 fully saturated rings. The molecule has 15 heavy (non-hydrogen) atoms. The molecule has 0 saturated heterocycles. The van der Waals surface area contributed by atoms with Crippen molar-refractivity contribution in [1.29, 1.82) is 0 Å². The van der Waals surface area contributed by atoms with E-state index in [0.29, 0.717) is 5.75 Å². The first-order valence-electron chi connectivity index (χ1n) is 4.51. The lowest BCUT2D eigenvalue weighted by molar-refractivity contribution is 0.432. The number of rotatable bonds is 1. The number of nitrogens with zero attached hydrogens (tertiary/aromatic N) is 1. The molecule has 1 aromatic carbocycles. The zero-order valence-corrected chi connectivity index (χ0v) is 8.87. The maximum Gasteiger partial charge on any atom is 0.166 e. The summed E-state index contributed by atoms with van der Waals surface area (Å²) < 4.78 is 5.04. The van der Waals surface area contributed by atoms with Gasteiger partial charge in [-0.2, -0.15) is 12.6 Å². The fraction of sp³-hybridized carbons (Fsp3) is 0.0833. The molecule has 74 valence electrons. The second-order valence-electron chi connectivity index (χ2n) is 2.91. The Bertz CT molecular complexity index is 477. The number of benzene rings is 1. The Kier molecular flexibility index (Phi) is 3.11. The van der Waals surface area contributed by atoms with Crippen LogP contribution in [0.5, 0.6) is 0 Å². The van der Waals surface area contributed by atoms with Crippen molar-refractivity contribution in [2.45, 2.75) is 0 Å². The molecule has 0 radical (unpaired) electrons. The van der Waals surface area contributed by atoms with Crippen LogP contribution in [0.25, 0.3) is 11.3 Å². The Hall–Kier alpha value is -1.66. The number of aromatic nitrogens is 1. The fourth-order valence-electron chi connectivity index (χ4n) is 1.22. The maximum atomic E-state index is 5.04. The topological polar surface area (TPSA) is 26.0 Å². The molecule has 0 amide bonds. The Morgan fingerprint density at radius 3 is 2.60 bits per heavy atom. The Morgan fingerprint density at radius 2 is 2.00 bits per heavy atom. The van der Waals surface area contributed by atoms with E-state index in [1.807, 2.05) is 30.3 Å². The minimum absolute atomic E-state index is 0.573. The average molecular weight is 215 g/mol. The van der Waals surface area contributed by atoms with Gasteiger partial charge in [-0.3, -0.25) is 0 Å². The first kappa shape index (κ1) is 9.88. The molecule has 0 unspecified atom stereocenters. The highest BCUT2D eigenvalue weighted by Crippen LogP contribution is 2.18. The molecule has 1 heterocycles. The van der Waals surface area contributed by atoms with Crippen LogP contribution in [-0.4, -0.2) is 10.9 Å². The highest BCUT2D eigenvalue weighted by atomic mass is 32.1. The Labute approximate surface area is 93.7 Å². The quantitative estimate of drug-likeness (QED) is 0.584. The molecule has 0 spiro atoms. The van der Waals surface area contributed by atoms with Gasteiger partial charge in [-0.1, -0.05) is 17.0 Å². The van der Waals surface area contributed by atoms with Gasteiger partial charge in [0.1, 0.15) is 0 Å². The average Bonchev–Trinajstić information content (AvgIpc) is 2.80. The lowest BCUT2D eigenvalue weighted by atomic mass is 10.1. The van der Waals surface area contributed by atoms with Crippen LogP contribution in [0.15, 0.2) is 41.1 Å². The molecule has 0 aliphatic rings. The van der Waals surface area contributed by atoms with Crippen LogP contribution in [0, 0.1) is 11.8 Å². The molecule has 1 aromatic heterocycles. The summed E-state index contributed by atoms with van der Waals surface area (Å²) in [5.41, 5.74) is 1.98. The third-order valence-electron chi connectivity index (χ3n) is 1.92. The van der Waals surface area contributed by atoms with E-state index in [-0.39, 0.29) is 0 Å². The first-order chi connectivity index (χ1) is 7.40. The van der Waals surface area contributed by atoms with Crippen molar-refractivity contribution >= 4 is 12.6 Å². The number of thiol groups is 1. The molecule has 0 bridgehead atoms. The van der Waals surface area contributed by atoms with E-state index >= 15 is 0 Å². The van der Waals surface area contributed by atoms with Crippen LogP contribution >= 0.6 is 12.6 Å². The highest BCUT2D eigenvalue weighted by Gasteiger charge is 1.99. The summed E-state index contributed by atoms with van der Waals surface area (Å²) in [4.78, 5) is 0. The van der Waals surface area contributed by atoms with Crippen LogP contribution in [0.2, 0.25) is 0 Å². The van der Waals surface area contributed by atoms with Gasteiger partial charge in [-0.15, -0.1) is 0 Å². The van der Waals surface area contributed by atoms with E-state index in [4.69, 9.17) is 4.52 Å². The summed E-state index contributed by atoms with van der Waals surface area (Å²) in [6, 6.07) is 9.66. The molecule has 0 saturated carbocycles. The van der Waals surface area contributed by atoms with Gasteiger partial charge in [0.25, 0.3) is 0 Å². The molecule has 2 nitrogen and oxygen atoms in total. The maximum absolute atomic E-state index is 5.04. The summed E-state index contributed by atoms with van der Waals surface area (Å²) in [6.07, 6.45) is 1.63. The van der Waals surface area contributed by atoms with Crippen LogP contribution in [0.3, 0.4) is 0 Å². The van der Waals surface area contributed by atoms with Crippen LogP contribution in [0.1, 0.15) is 5.56 Å². The standard InChI is InChI=1S/C12H9NOS/c15-9-1-2-10-3-5-11(6-4-10)12-7-8-13-14-12/h3-8,15H,9H2. The van der Waals surface area contributed by atoms with E-state index < -0.39 is 0 Å². The lowest BCUT2D eigenvalue weighted by Crippen LogP contribution is -1.76. The van der Waals surface area contributed by atoms with Gasteiger partial charge in [0.2, 0.25) is 0 Å². The number of hydrogen-bond donors (Lipinski definition) is 1. The van der Waals surface area contributed by atoms with Crippen molar-refractivity contribution in [2.24, 2.45) is 0 Å². The van der Waals surface area contributed by atoms with Crippen molar-refractivity contribution < 1.29 is 4.52 Å². The monoisotopic (exact) mass is 215 g/mol. The SMILES string of the molecule is SCC#Cc1ccc(-c2ccno2)cc1. The molecule has 3 heteroatoms. The zero-order chi connectivity index (χ0) is 10.5. The molecule has 0 atom stereocenters. The number of hydrogen-bond acceptors (Lipinski definition) is 3. The summed E-state index contributed by atoms with van der Waals surface area (Å²) >= 11 is 4.02. The smallest absolute Gasteiger partial charge is 0.166 e. The van der Waals surface area contributed by atoms with Gasteiger partial charge in [0.15, 0.2) is 5.76 Å². The predicted molar refractivity (Wildman–Crippen MR) is 62.7 cm³/mol. The molecular weight excluding hydrogens is 206 g/mol. The van der Waals surface area contributed by atoms with E-state index in [2.05, 4.69) is 29.6 Å². The van der Waals surface area contributed by atoms with E-state index in [1.54, 1.807) is 6.20 Å². The normalized spacial score (nSPS) is 9.40. The fourth-order valence-corrected chi connectivity index (χ4v) is 1.30.